The smallest absolute Gasteiger partial charge is 0.289 e. The Bertz CT molecular complexity index is 426. The fourth-order valence-corrected chi connectivity index (χ4v) is 2.53. The molecule has 0 bridgehead atoms. The summed E-state index contributed by atoms with van der Waals surface area (Å²) in [7, 11) is 1.81. The number of ether oxygens (including phenoxy) is 1. The minimum atomic E-state index is -0.0597. The van der Waals surface area contributed by atoms with E-state index >= 15 is 0 Å². The fraction of sp³-hybridized carbons (Fsp3) is 0.615. The van der Waals surface area contributed by atoms with Crippen molar-refractivity contribution in [2.75, 3.05) is 33.1 Å². The number of rotatable bonds is 5. The first kappa shape index (κ1) is 13.5. The fourth-order valence-electron chi connectivity index (χ4n) is 2.09. The Morgan fingerprint density at radius 1 is 1.50 bits per heavy atom. The highest BCUT2D eigenvalue weighted by molar-refractivity contribution is 7.97. The van der Waals surface area contributed by atoms with Gasteiger partial charge in [-0.2, -0.15) is 11.8 Å². The van der Waals surface area contributed by atoms with Crippen LogP contribution < -0.4 is 0 Å². The number of carbonyl (C=O) groups is 1. The average molecular weight is 269 g/mol. The first-order valence-corrected chi connectivity index (χ1v) is 7.34. The molecule has 1 aliphatic rings. The zero-order valence-electron chi connectivity index (χ0n) is 11.1. The van der Waals surface area contributed by atoms with E-state index in [9.17, 15) is 4.79 Å². The molecule has 0 N–H and O–H groups in total. The molecule has 0 aliphatic carbocycles. The molecule has 1 saturated heterocycles. The molecule has 0 spiro atoms. The molecule has 0 saturated carbocycles. The van der Waals surface area contributed by atoms with Crippen LogP contribution in [-0.2, 0) is 10.5 Å². The van der Waals surface area contributed by atoms with Crippen molar-refractivity contribution in [2.45, 2.75) is 12.7 Å². The van der Waals surface area contributed by atoms with E-state index in [4.69, 9.17) is 9.15 Å². The van der Waals surface area contributed by atoms with E-state index in [1.807, 2.05) is 19.4 Å². The molecule has 1 fully saturated rings. The molecule has 2 heterocycles. The maximum atomic E-state index is 12.2. The van der Waals surface area contributed by atoms with Crippen molar-refractivity contribution in [1.29, 1.82) is 0 Å². The molecule has 4 nitrogen and oxygen atoms in total. The van der Waals surface area contributed by atoms with Crippen LogP contribution in [0.4, 0.5) is 0 Å². The normalized spacial score (nSPS) is 17.3. The molecule has 0 aromatic carbocycles. The molecule has 5 heteroatoms. The van der Waals surface area contributed by atoms with Crippen molar-refractivity contribution in [1.82, 2.24) is 4.90 Å². The zero-order valence-corrected chi connectivity index (χ0v) is 11.9. The first-order chi connectivity index (χ1) is 8.54. The summed E-state index contributed by atoms with van der Waals surface area (Å²) < 4.78 is 10.7. The lowest BCUT2D eigenvalue weighted by Crippen LogP contribution is -2.49. The van der Waals surface area contributed by atoms with Crippen LogP contribution in [0.15, 0.2) is 16.5 Å². The summed E-state index contributed by atoms with van der Waals surface area (Å²) in [6.07, 6.45) is 2.01. The van der Waals surface area contributed by atoms with E-state index in [0.717, 1.165) is 24.7 Å². The van der Waals surface area contributed by atoms with Gasteiger partial charge in [-0.05, 0) is 18.4 Å². The van der Waals surface area contributed by atoms with E-state index in [1.54, 1.807) is 22.7 Å². The number of carbonyl (C=O) groups excluding carboxylic acids is 1. The lowest BCUT2D eigenvalue weighted by atomic mass is 9.88. The van der Waals surface area contributed by atoms with Crippen LogP contribution in [0, 0.1) is 5.41 Å². The molecule has 0 unspecified atom stereocenters. The van der Waals surface area contributed by atoms with Gasteiger partial charge in [-0.15, -0.1) is 0 Å². The Morgan fingerprint density at radius 2 is 2.22 bits per heavy atom. The Labute approximate surface area is 112 Å². The molecule has 0 atom stereocenters. The standard InChI is InChI=1S/C13H19NO3S/c1-13(8-16-9-13)7-14(2)12(15)11-5-4-10(17-11)6-18-3/h4-5H,6-9H2,1-3H3. The second-order valence-corrected chi connectivity index (χ2v) is 6.03. The summed E-state index contributed by atoms with van der Waals surface area (Å²) in [6.45, 7) is 4.27. The summed E-state index contributed by atoms with van der Waals surface area (Å²) in [5.74, 6) is 2.00. The average Bonchev–Trinajstić information content (AvgIpc) is 2.75. The topological polar surface area (TPSA) is 42.7 Å². The van der Waals surface area contributed by atoms with Gasteiger partial charge in [-0.3, -0.25) is 4.79 Å². The Kier molecular flexibility index (Phi) is 4.02. The monoisotopic (exact) mass is 269 g/mol. The van der Waals surface area contributed by atoms with Crippen LogP contribution in [0.2, 0.25) is 0 Å². The molecule has 1 aliphatic heterocycles. The minimum absolute atomic E-state index is 0.0597. The van der Waals surface area contributed by atoms with Gasteiger partial charge in [0.25, 0.3) is 5.91 Å². The third-order valence-corrected chi connectivity index (χ3v) is 3.60. The summed E-state index contributed by atoms with van der Waals surface area (Å²) in [5.41, 5.74) is 0.0963. The van der Waals surface area contributed by atoms with Gasteiger partial charge in [-0.25, -0.2) is 0 Å². The summed E-state index contributed by atoms with van der Waals surface area (Å²) in [5, 5.41) is 0. The number of hydrogen-bond donors (Lipinski definition) is 0. The summed E-state index contributed by atoms with van der Waals surface area (Å²) in [4.78, 5) is 13.9. The van der Waals surface area contributed by atoms with Crippen molar-refractivity contribution in [3.8, 4) is 0 Å². The predicted octanol–water partition coefficient (Wildman–Crippen LogP) is 2.25. The van der Waals surface area contributed by atoms with Gasteiger partial charge in [0, 0.05) is 19.0 Å². The predicted molar refractivity (Wildman–Crippen MR) is 71.8 cm³/mol. The maximum absolute atomic E-state index is 12.2. The van der Waals surface area contributed by atoms with Crippen molar-refractivity contribution in [3.63, 3.8) is 0 Å². The lowest BCUT2D eigenvalue weighted by Gasteiger charge is -2.40. The van der Waals surface area contributed by atoms with Gasteiger partial charge in [-0.1, -0.05) is 6.92 Å². The quantitative estimate of drug-likeness (QED) is 0.822. The van der Waals surface area contributed by atoms with Crippen molar-refractivity contribution in [3.05, 3.63) is 23.7 Å². The van der Waals surface area contributed by atoms with Crippen molar-refractivity contribution >= 4 is 17.7 Å². The van der Waals surface area contributed by atoms with Crippen LogP contribution in [0.3, 0.4) is 0 Å². The first-order valence-electron chi connectivity index (χ1n) is 5.95. The second kappa shape index (κ2) is 5.36. The van der Waals surface area contributed by atoms with Crippen LogP contribution in [0.25, 0.3) is 0 Å². The molecule has 18 heavy (non-hydrogen) atoms. The zero-order chi connectivity index (χ0) is 13.2. The Balaban J connectivity index is 1.96. The number of nitrogens with zero attached hydrogens (tertiary/aromatic N) is 1. The molecular formula is C13H19NO3S. The SMILES string of the molecule is CSCc1ccc(C(=O)N(C)CC2(C)COC2)o1. The van der Waals surface area contributed by atoms with Crippen LogP contribution in [-0.4, -0.2) is 43.9 Å². The van der Waals surface area contributed by atoms with Crippen LogP contribution in [0.5, 0.6) is 0 Å². The van der Waals surface area contributed by atoms with Crippen molar-refractivity contribution < 1.29 is 13.9 Å². The Hall–Kier alpha value is -0.940. The number of thioether (sulfide) groups is 1. The summed E-state index contributed by atoms with van der Waals surface area (Å²) in [6, 6.07) is 3.62. The summed E-state index contributed by atoms with van der Waals surface area (Å²) >= 11 is 1.68. The molecule has 0 radical (unpaired) electrons. The van der Waals surface area contributed by atoms with E-state index in [1.165, 1.54) is 0 Å². The van der Waals surface area contributed by atoms with Crippen LogP contribution >= 0.6 is 11.8 Å². The van der Waals surface area contributed by atoms with E-state index < -0.39 is 0 Å². The van der Waals surface area contributed by atoms with Gasteiger partial charge >= 0.3 is 0 Å². The number of amides is 1. The van der Waals surface area contributed by atoms with Gasteiger partial charge < -0.3 is 14.1 Å². The molecular weight excluding hydrogens is 250 g/mol. The molecule has 1 aromatic rings. The van der Waals surface area contributed by atoms with Gasteiger partial charge in [0.05, 0.1) is 19.0 Å². The van der Waals surface area contributed by atoms with Crippen molar-refractivity contribution in [2.24, 2.45) is 5.41 Å². The van der Waals surface area contributed by atoms with E-state index in [-0.39, 0.29) is 11.3 Å². The minimum Gasteiger partial charge on any atom is -0.455 e. The largest absolute Gasteiger partial charge is 0.455 e. The highest BCUT2D eigenvalue weighted by Crippen LogP contribution is 2.27. The Morgan fingerprint density at radius 3 is 2.78 bits per heavy atom. The molecule has 1 amide bonds. The van der Waals surface area contributed by atoms with Gasteiger partial charge in [0.15, 0.2) is 5.76 Å². The highest BCUT2D eigenvalue weighted by atomic mass is 32.2. The van der Waals surface area contributed by atoms with Gasteiger partial charge in [0.2, 0.25) is 0 Å². The number of hydrogen-bond acceptors (Lipinski definition) is 4. The van der Waals surface area contributed by atoms with Gasteiger partial charge in [0.1, 0.15) is 5.76 Å². The molecule has 100 valence electrons. The van der Waals surface area contributed by atoms with E-state index in [2.05, 4.69) is 6.92 Å². The lowest BCUT2D eigenvalue weighted by molar-refractivity contribution is -0.109. The molecule has 2 rings (SSSR count). The van der Waals surface area contributed by atoms with E-state index in [0.29, 0.717) is 12.3 Å². The second-order valence-electron chi connectivity index (χ2n) is 5.16. The van der Waals surface area contributed by atoms with Crippen LogP contribution in [0.1, 0.15) is 23.2 Å². The highest BCUT2D eigenvalue weighted by Gasteiger charge is 2.36. The number of furan rings is 1. The third kappa shape index (κ3) is 2.90. The third-order valence-electron chi connectivity index (χ3n) is 3.03. The molecule has 1 aromatic heterocycles. The maximum Gasteiger partial charge on any atom is 0.289 e.